The fourth-order valence-corrected chi connectivity index (χ4v) is 5.38. The summed E-state index contributed by atoms with van der Waals surface area (Å²) >= 11 is 1.89. The van der Waals surface area contributed by atoms with Crippen LogP contribution in [-0.2, 0) is 17.6 Å². The zero-order valence-electron chi connectivity index (χ0n) is 14.4. The van der Waals surface area contributed by atoms with E-state index in [1.54, 1.807) is 0 Å². The van der Waals surface area contributed by atoms with E-state index in [2.05, 4.69) is 14.7 Å². The molecule has 1 atom stereocenters. The van der Waals surface area contributed by atoms with Gasteiger partial charge in [0.1, 0.15) is 0 Å². The van der Waals surface area contributed by atoms with E-state index in [0.717, 1.165) is 44.6 Å². The summed E-state index contributed by atoms with van der Waals surface area (Å²) in [5, 5.41) is 5.74. The standard InChI is InChI=1S/C18H23N5OS/c24-17-6-3-8-22(17)14-10-19-23(12-14)13-7-9-21(11-13)18-20-15-4-1-2-5-16(15)25-18/h10,12-13H,1-9,11H2. The van der Waals surface area contributed by atoms with Crippen molar-refractivity contribution in [2.45, 2.75) is 51.0 Å². The van der Waals surface area contributed by atoms with Crippen molar-refractivity contribution in [3.8, 4) is 0 Å². The topological polar surface area (TPSA) is 54.3 Å². The van der Waals surface area contributed by atoms with Gasteiger partial charge in [0.2, 0.25) is 5.91 Å². The molecular weight excluding hydrogens is 334 g/mol. The second-order valence-electron chi connectivity index (χ2n) is 7.29. The summed E-state index contributed by atoms with van der Waals surface area (Å²) in [6.07, 6.45) is 11.5. The van der Waals surface area contributed by atoms with Crippen molar-refractivity contribution in [1.82, 2.24) is 14.8 Å². The minimum Gasteiger partial charge on any atom is -0.346 e. The van der Waals surface area contributed by atoms with Crippen LogP contribution in [0.3, 0.4) is 0 Å². The molecule has 0 N–H and O–H groups in total. The minimum absolute atomic E-state index is 0.223. The summed E-state index contributed by atoms with van der Waals surface area (Å²) in [5.41, 5.74) is 2.29. The fraction of sp³-hybridized carbons (Fsp3) is 0.611. The predicted octanol–water partition coefficient (Wildman–Crippen LogP) is 2.80. The number of thiazole rings is 1. The van der Waals surface area contributed by atoms with Crippen LogP contribution in [-0.4, -0.2) is 40.3 Å². The van der Waals surface area contributed by atoms with E-state index in [0.29, 0.717) is 12.5 Å². The maximum Gasteiger partial charge on any atom is 0.227 e. The van der Waals surface area contributed by atoms with Gasteiger partial charge in [0.25, 0.3) is 0 Å². The Balaban J connectivity index is 1.30. The zero-order valence-corrected chi connectivity index (χ0v) is 15.2. The molecule has 2 aliphatic heterocycles. The lowest BCUT2D eigenvalue weighted by Gasteiger charge is -2.15. The van der Waals surface area contributed by atoms with Crippen LogP contribution in [0.15, 0.2) is 12.4 Å². The Kier molecular flexibility index (Phi) is 3.77. The molecule has 6 nitrogen and oxygen atoms in total. The maximum atomic E-state index is 11.9. The highest BCUT2D eigenvalue weighted by Gasteiger charge is 2.29. The third-order valence-corrected chi connectivity index (χ3v) is 6.83. The fourth-order valence-electron chi connectivity index (χ4n) is 4.19. The van der Waals surface area contributed by atoms with E-state index in [4.69, 9.17) is 4.98 Å². The summed E-state index contributed by atoms with van der Waals surface area (Å²) in [7, 11) is 0. The molecule has 0 bridgehead atoms. The molecule has 0 radical (unpaired) electrons. The Labute approximate surface area is 151 Å². The largest absolute Gasteiger partial charge is 0.346 e. The highest BCUT2D eigenvalue weighted by atomic mass is 32.1. The highest BCUT2D eigenvalue weighted by molar-refractivity contribution is 7.15. The number of rotatable bonds is 3. The van der Waals surface area contributed by atoms with Gasteiger partial charge in [0, 0.05) is 37.1 Å². The molecule has 1 aliphatic carbocycles. The third-order valence-electron chi connectivity index (χ3n) is 5.62. The first kappa shape index (κ1) is 15.4. The molecule has 1 amide bonds. The van der Waals surface area contributed by atoms with Crippen molar-refractivity contribution in [1.29, 1.82) is 0 Å². The van der Waals surface area contributed by atoms with Gasteiger partial charge in [-0.15, -0.1) is 11.3 Å². The number of nitrogens with zero attached hydrogens (tertiary/aromatic N) is 5. The number of carbonyl (C=O) groups is 1. The molecule has 0 aromatic carbocycles. The van der Waals surface area contributed by atoms with Gasteiger partial charge in [-0.25, -0.2) is 4.98 Å². The Morgan fingerprint density at radius 3 is 2.88 bits per heavy atom. The minimum atomic E-state index is 0.223. The molecule has 0 saturated carbocycles. The molecule has 5 rings (SSSR count). The lowest BCUT2D eigenvalue weighted by atomic mass is 10.0. The van der Waals surface area contributed by atoms with Crippen LogP contribution in [0, 0.1) is 0 Å². The molecular formula is C18H23N5OS. The van der Waals surface area contributed by atoms with Crippen LogP contribution in [0.4, 0.5) is 10.8 Å². The molecule has 2 fully saturated rings. The van der Waals surface area contributed by atoms with E-state index in [1.165, 1.54) is 35.0 Å². The number of hydrogen-bond donors (Lipinski definition) is 0. The summed E-state index contributed by atoms with van der Waals surface area (Å²) in [5.74, 6) is 0.223. The highest BCUT2D eigenvalue weighted by Crippen LogP contribution is 2.35. The van der Waals surface area contributed by atoms with E-state index >= 15 is 0 Å². The van der Waals surface area contributed by atoms with E-state index in [1.807, 2.05) is 28.6 Å². The number of aryl methyl sites for hydroxylation is 2. The van der Waals surface area contributed by atoms with Crippen LogP contribution in [0.25, 0.3) is 0 Å². The van der Waals surface area contributed by atoms with Gasteiger partial charge < -0.3 is 9.80 Å². The molecule has 7 heteroatoms. The second-order valence-corrected chi connectivity index (χ2v) is 8.35. The molecule has 4 heterocycles. The first-order chi connectivity index (χ1) is 12.3. The smallest absolute Gasteiger partial charge is 0.227 e. The quantitative estimate of drug-likeness (QED) is 0.848. The molecule has 0 spiro atoms. The summed E-state index contributed by atoms with van der Waals surface area (Å²) in [6, 6.07) is 0.368. The van der Waals surface area contributed by atoms with Crippen LogP contribution >= 0.6 is 11.3 Å². The Hall–Kier alpha value is -1.89. The maximum absolute atomic E-state index is 11.9. The van der Waals surface area contributed by atoms with Crippen LogP contribution in [0.2, 0.25) is 0 Å². The summed E-state index contributed by atoms with van der Waals surface area (Å²) in [4.78, 5) is 22.6. The Bertz CT molecular complexity index is 774. The average Bonchev–Trinajstić information content (AvgIpc) is 3.39. The van der Waals surface area contributed by atoms with Crippen molar-refractivity contribution in [3.63, 3.8) is 0 Å². The molecule has 2 aromatic rings. The molecule has 25 heavy (non-hydrogen) atoms. The third kappa shape index (κ3) is 2.74. The lowest BCUT2D eigenvalue weighted by Crippen LogP contribution is -2.23. The van der Waals surface area contributed by atoms with Gasteiger partial charge in [-0.1, -0.05) is 0 Å². The van der Waals surface area contributed by atoms with Gasteiger partial charge in [-0.2, -0.15) is 5.10 Å². The summed E-state index contributed by atoms with van der Waals surface area (Å²) < 4.78 is 2.05. The number of hydrogen-bond acceptors (Lipinski definition) is 5. The number of anilines is 2. The van der Waals surface area contributed by atoms with Gasteiger partial charge in [-0.05, 0) is 38.5 Å². The normalized spacial score (nSPS) is 23.5. The second kappa shape index (κ2) is 6.12. The summed E-state index contributed by atoms with van der Waals surface area (Å²) in [6.45, 7) is 2.82. The van der Waals surface area contributed by atoms with Gasteiger partial charge in [0.05, 0.1) is 23.6 Å². The lowest BCUT2D eigenvalue weighted by molar-refractivity contribution is -0.117. The van der Waals surface area contributed by atoms with E-state index in [-0.39, 0.29) is 5.91 Å². The van der Waals surface area contributed by atoms with Gasteiger partial charge >= 0.3 is 0 Å². The Morgan fingerprint density at radius 2 is 2.04 bits per heavy atom. The van der Waals surface area contributed by atoms with E-state index < -0.39 is 0 Å². The molecule has 2 saturated heterocycles. The van der Waals surface area contributed by atoms with Gasteiger partial charge in [-0.3, -0.25) is 9.48 Å². The molecule has 3 aliphatic rings. The van der Waals surface area contributed by atoms with Crippen molar-refractivity contribution in [2.75, 3.05) is 29.4 Å². The van der Waals surface area contributed by atoms with Crippen LogP contribution in [0.5, 0.6) is 0 Å². The first-order valence-electron chi connectivity index (χ1n) is 9.36. The van der Waals surface area contributed by atoms with Crippen LogP contribution in [0.1, 0.15) is 48.7 Å². The van der Waals surface area contributed by atoms with Crippen molar-refractivity contribution < 1.29 is 4.79 Å². The SMILES string of the molecule is O=C1CCCN1c1cnn(C2CCN(c3nc4c(s3)CCCC4)C2)c1. The Morgan fingerprint density at radius 1 is 1.12 bits per heavy atom. The van der Waals surface area contributed by atoms with Crippen molar-refractivity contribution in [3.05, 3.63) is 23.0 Å². The van der Waals surface area contributed by atoms with Crippen LogP contribution < -0.4 is 9.80 Å². The average molecular weight is 357 g/mol. The molecule has 132 valence electrons. The van der Waals surface area contributed by atoms with Crippen molar-refractivity contribution >= 4 is 28.1 Å². The van der Waals surface area contributed by atoms with Gasteiger partial charge in [0.15, 0.2) is 5.13 Å². The zero-order chi connectivity index (χ0) is 16.8. The number of carbonyl (C=O) groups excluding carboxylic acids is 1. The van der Waals surface area contributed by atoms with Crippen molar-refractivity contribution in [2.24, 2.45) is 0 Å². The first-order valence-corrected chi connectivity index (χ1v) is 10.2. The number of aromatic nitrogens is 3. The number of fused-ring (bicyclic) bond motifs is 1. The monoisotopic (exact) mass is 357 g/mol. The predicted molar refractivity (Wildman–Crippen MR) is 98.4 cm³/mol. The number of amides is 1. The molecule has 1 unspecified atom stereocenters. The van der Waals surface area contributed by atoms with E-state index in [9.17, 15) is 4.79 Å². The molecule has 2 aromatic heterocycles.